The Kier molecular flexibility index (Phi) is 7.37. The van der Waals surface area contributed by atoms with Crippen LogP contribution in [0.1, 0.15) is 27.7 Å². The lowest BCUT2D eigenvalue weighted by Crippen LogP contribution is -2.47. The standard InChI is InChI=1S/C19H32N4O/c1-5-20-19(21-11-12-24-17-9-7-6-8-10-17)22-18-14-23(15(2)3)13-16(18)4/h6-10,15-16,18H,5,11-14H2,1-4H3,(H2,20,21,22). The van der Waals surface area contributed by atoms with E-state index in [1.54, 1.807) is 0 Å². The SMILES string of the molecule is CCNC(=NCCOc1ccccc1)NC1CN(C(C)C)CC1C. The van der Waals surface area contributed by atoms with E-state index in [4.69, 9.17) is 4.74 Å². The van der Waals surface area contributed by atoms with Crippen LogP contribution in [0, 0.1) is 5.92 Å². The number of para-hydroxylation sites is 1. The summed E-state index contributed by atoms with van der Waals surface area (Å²) in [6, 6.07) is 10.9. The first-order valence-electron chi connectivity index (χ1n) is 9.07. The number of hydrogen-bond donors (Lipinski definition) is 2. The average Bonchev–Trinajstić information content (AvgIpc) is 2.94. The van der Waals surface area contributed by atoms with Gasteiger partial charge in [0.15, 0.2) is 5.96 Å². The molecule has 2 rings (SSSR count). The number of nitrogens with zero attached hydrogens (tertiary/aromatic N) is 2. The van der Waals surface area contributed by atoms with Gasteiger partial charge in [-0.2, -0.15) is 0 Å². The van der Waals surface area contributed by atoms with Gasteiger partial charge < -0.3 is 15.4 Å². The summed E-state index contributed by atoms with van der Waals surface area (Å²) in [5.74, 6) is 2.40. The third-order valence-corrected chi connectivity index (χ3v) is 4.41. The molecule has 2 atom stereocenters. The summed E-state index contributed by atoms with van der Waals surface area (Å²) in [5.41, 5.74) is 0. The van der Waals surface area contributed by atoms with E-state index in [9.17, 15) is 0 Å². The first-order valence-corrected chi connectivity index (χ1v) is 9.07. The van der Waals surface area contributed by atoms with Crippen molar-refractivity contribution in [3.05, 3.63) is 30.3 Å². The lowest BCUT2D eigenvalue weighted by Gasteiger charge is -2.22. The summed E-state index contributed by atoms with van der Waals surface area (Å²) < 4.78 is 5.70. The second-order valence-electron chi connectivity index (χ2n) is 6.70. The Morgan fingerprint density at radius 2 is 2.04 bits per heavy atom. The van der Waals surface area contributed by atoms with Crippen LogP contribution in [0.15, 0.2) is 35.3 Å². The van der Waals surface area contributed by atoms with E-state index in [0.717, 1.165) is 31.3 Å². The zero-order valence-corrected chi connectivity index (χ0v) is 15.5. The summed E-state index contributed by atoms with van der Waals surface area (Å²) in [5, 5.41) is 6.93. The molecule has 24 heavy (non-hydrogen) atoms. The molecule has 0 bridgehead atoms. The molecule has 1 saturated heterocycles. The molecule has 1 aliphatic rings. The van der Waals surface area contributed by atoms with E-state index in [1.165, 1.54) is 0 Å². The maximum absolute atomic E-state index is 5.70. The van der Waals surface area contributed by atoms with Gasteiger partial charge in [-0.15, -0.1) is 0 Å². The lowest BCUT2D eigenvalue weighted by atomic mass is 10.1. The highest BCUT2D eigenvalue weighted by Crippen LogP contribution is 2.18. The highest BCUT2D eigenvalue weighted by Gasteiger charge is 2.31. The highest BCUT2D eigenvalue weighted by molar-refractivity contribution is 5.80. The quantitative estimate of drug-likeness (QED) is 0.457. The van der Waals surface area contributed by atoms with Gasteiger partial charge in [-0.25, -0.2) is 4.99 Å². The van der Waals surface area contributed by atoms with E-state index in [0.29, 0.717) is 31.2 Å². The van der Waals surface area contributed by atoms with Crippen LogP contribution in [-0.4, -0.2) is 55.7 Å². The summed E-state index contributed by atoms with van der Waals surface area (Å²) in [7, 11) is 0. The number of nitrogens with one attached hydrogen (secondary N) is 2. The topological polar surface area (TPSA) is 48.9 Å². The van der Waals surface area contributed by atoms with Crippen molar-refractivity contribution < 1.29 is 4.74 Å². The summed E-state index contributed by atoms with van der Waals surface area (Å²) in [4.78, 5) is 7.17. The van der Waals surface area contributed by atoms with Gasteiger partial charge in [-0.3, -0.25) is 4.90 Å². The molecule has 2 unspecified atom stereocenters. The molecule has 1 aromatic rings. The number of guanidine groups is 1. The van der Waals surface area contributed by atoms with Gasteiger partial charge in [0.05, 0.1) is 6.54 Å². The summed E-state index contributed by atoms with van der Waals surface area (Å²) >= 11 is 0. The maximum Gasteiger partial charge on any atom is 0.191 e. The molecule has 134 valence electrons. The Morgan fingerprint density at radius 1 is 1.29 bits per heavy atom. The lowest BCUT2D eigenvalue weighted by molar-refractivity contribution is 0.265. The minimum absolute atomic E-state index is 0.445. The fraction of sp³-hybridized carbons (Fsp3) is 0.632. The van der Waals surface area contributed by atoms with Gasteiger partial charge in [0, 0.05) is 31.7 Å². The van der Waals surface area contributed by atoms with Crippen molar-refractivity contribution in [1.82, 2.24) is 15.5 Å². The van der Waals surface area contributed by atoms with Gasteiger partial charge in [0.1, 0.15) is 12.4 Å². The fourth-order valence-corrected chi connectivity index (χ4v) is 2.95. The van der Waals surface area contributed by atoms with Crippen molar-refractivity contribution >= 4 is 5.96 Å². The van der Waals surface area contributed by atoms with Crippen molar-refractivity contribution in [3.8, 4) is 5.75 Å². The highest BCUT2D eigenvalue weighted by atomic mass is 16.5. The van der Waals surface area contributed by atoms with Crippen molar-refractivity contribution in [2.24, 2.45) is 10.9 Å². The maximum atomic E-state index is 5.70. The first kappa shape index (κ1) is 18.6. The Morgan fingerprint density at radius 3 is 2.67 bits per heavy atom. The Bertz CT molecular complexity index is 503. The Labute approximate surface area is 146 Å². The molecule has 1 heterocycles. The van der Waals surface area contributed by atoms with Crippen molar-refractivity contribution in [2.75, 3.05) is 32.8 Å². The van der Waals surface area contributed by atoms with E-state index in [1.807, 2.05) is 30.3 Å². The van der Waals surface area contributed by atoms with Crippen LogP contribution in [0.3, 0.4) is 0 Å². The second kappa shape index (κ2) is 9.52. The van der Waals surface area contributed by atoms with Crippen LogP contribution >= 0.6 is 0 Å². The number of hydrogen-bond acceptors (Lipinski definition) is 3. The van der Waals surface area contributed by atoms with Gasteiger partial charge in [0.25, 0.3) is 0 Å². The van der Waals surface area contributed by atoms with Gasteiger partial charge >= 0.3 is 0 Å². The monoisotopic (exact) mass is 332 g/mol. The molecule has 0 radical (unpaired) electrons. The third kappa shape index (κ3) is 5.71. The second-order valence-corrected chi connectivity index (χ2v) is 6.70. The number of ether oxygens (including phenoxy) is 1. The normalized spacial score (nSPS) is 22.0. The van der Waals surface area contributed by atoms with Crippen LogP contribution < -0.4 is 15.4 Å². The predicted octanol–water partition coefficient (Wildman–Crippen LogP) is 2.35. The first-order chi connectivity index (χ1) is 11.6. The molecule has 0 aromatic heterocycles. The van der Waals surface area contributed by atoms with Crippen LogP contribution in [-0.2, 0) is 0 Å². The number of aliphatic imine (C=N–C) groups is 1. The van der Waals surface area contributed by atoms with Gasteiger partial charge in [0.2, 0.25) is 0 Å². The zero-order chi connectivity index (χ0) is 17.4. The molecular weight excluding hydrogens is 300 g/mol. The van der Waals surface area contributed by atoms with Crippen LogP contribution in [0.5, 0.6) is 5.75 Å². The van der Waals surface area contributed by atoms with Gasteiger partial charge in [-0.05, 0) is 38.8 Å². The van der Waals surface area contributed by atoms with E-state index in [-0.39, 0.29) is 0 Å². The third-order valence-electron chi connectivity index (χ3n) is 4.41. The van der Waals surface area contributed by atoms with Gasteiger partial charge in [-0.1, -0.05) is 25.1 Å². The van der Waals surface area contributed by atoms with E-state index < -0.39 is 0 Å². The average molecular weight is 332 g/mol. The van der Waals surface area contributed by atoms with E-state index >= 15 is 0 Å². The molecule has 0 saturated carbocycles. The van der Waals surface area contributed by atoms with Crippen molar-refractivity contribution in [3.63, 3.8) is 0 Å². The summed E-state index contributed by atoms with van der Waals surface area (Å²) in [6.45, 7) is 13.2. The van der Waals surface area contributed by atoms with Crippen molar-refractivity contribution in [1.29, 1.82) is 0 Å². The van der Waals surface area contributed by atoms with E-state index in [2.05, 4.69) is 48.2 Å². The fourth-order valence-electron chi connectivity index (χ4n) is 2.95. The minimum atomic E-state index is 0.445. The number of rotatable bonds is 7. The van der Waals surface area contributed by atoms with Crippen LogP contribution in [0.25, 0.3) is 0 Å². The molecule has 5 heteroatoms. The molecule has 0 spiro atoms. The molecule has 2 N–H and O–H groups in total. The number of benzene rings is 1. The molecule has 1 fully saturated rings. The van der Waals surface area contributed by atoms with Crippen molar-refractivity contribution in [2.45, 2.75) is 39.8 Å². The number of likely N-dealkylation sites (tertiary alicyclic amines) is 1. The molecule has 0 amide bonds. The van der Waals surface area contributed by atoms with Crippen LogP contribution in [0.4, 0.5) is 0 Å². The zero-order valence-electron chi connectivity index (χ0n) is 15.5. The smallest absolute Gasteiger partial charge is 0.191 e. The predicted molar refractivity (Wildman–Crippen MR) is 101 cm³/mol. The molecule has 0 aliphatic carbocycles. The Balaban J connectivity index is 1.82. The molecule has 5 nitrogen and oxygen atoms in total. The molecular formula is C19H32N4O. The largest absolute Gasteiger partial charge is 0.492 e. The summed E-state index contributed by atoms with van der Waals surface area (Å²) in [6.07, 6.45) is 0. The molecule has 1 aliphatic heterocycles. The molecule has 1 aromatic carbocycles. The Hall–Kier alpha value is -1.75. The minimum Gasteiger partial charge on any atom is -0.492 e. The van der Waals surface area contributed by atoms with Crippen LogP contribution in [0.2, 0.25) is 0 Å².